The second-order valence-corrected chi connectivity index (χ2v) is 10.4. The van der Waals surface area contributed by atoms with Crippen molar-refractivity contribution in [2.24, 2.45) is 5.73 Å². The zero-order valence-electron chi connectivity index (χ0n) is 19.1. The van der Waals surface area contributed by atoms with E-state index in [0.717, 1.165) is 4.31 Å². The number of nitrogens with two attached hydrogens (primary N) is 1. The summed E-state index contributed by atoms with van der Waals surface area (Å²) in [5.41, 5.74) is 7.78. The van der Waals surface area contributed by atoms with E-state index in [1.54, 1.807) is 78.9 Å². The molecule has 6 nitrogen and oxygen atoms in total. The van der Waals surface area contributed by atoms with Gasteiger partial charge in [-0.2, -0.15) is 4.31 Å². The lowest BCUT2D eigenvalue weighted by molar-refractivity contribution is -0.122. The highest BCUT2D eigenvalue weighted by Crippen LogP contribution is 2.30. The molecule has 1 atom stereocenters. The first-order valence-electron chi connectivity index (χ1n) is 11.1. The van der Waals surface area contributed by atoms with Gasteiger partial charge in [-0.15, -0.1) is 0 Å². The van der Waals surface area contributed by atoms with Gasteiger partial charge < -0.3 is 5.73 Å². The van der Waals surface area contributed by atoms with Crippen LogP contribution < -0.4 is 5.73 Å². The van der Waals surface area contributed by atoms with Crippen molar-refractivity contribution in [1.82, 2.24) is 4.31 Å². The van der Waals surface area contributed by atoms with Gasteiger partial charge in [-0.1, -0.05) is 96.5 Å². The molecule has 1 amide bonds. The highest BCUT2D eigenvalue weighted by molar-refractivity contribution is 7.89. The highest BCUT2D eigenvalue weighted by atomic mass is 35.5. The van der Waals surface area contributed by atoms with Gasteiger partial charge >= 0.3 is 0 Å². The van der Waals surface area contributed by atoms with Crippen LogP contribution in [0.1, 0.15) is 33.1 Å². The summed E-state index contributed by atoms with van der Waals surface area (Å²) in [6.07, 6.45) is 0. The molecule has 0 aromatic heterocycles. The lowest BCUT2D eigenvalue weighted by Gasteiger charge is -2.29. The van der Waals surface area contributed by atoms with Crippen LogP contribution in [0.15, 0.2) is 114 Å². The van der Waals surface area contributed by atoms with Gasteiger partial charge in [0.1, 0.15) is 6.04 Å². The molecule has 36 heavy (non-hydrogen) atoms. The zero-order chi connectivity index (χ0) is 25.7. The maximum atomic E-state index is 13.7. The number of ketones is 1. The van der Waals surface area contributed by atoms with Crippen LogP contribution in [0, 0.1) is 0 Å². The van der Waals surface area contributed by atoms with Gasteiger partial charge in [0.15, 0.2) is 5.78 Å². The topological polar surface area (TPSA) is 97.5 Å². The van der Waals surface area contributed by atoms with Gasteiger partial charge in [0.2, 0.25) is 15.9 Å². The minimum absolute atomic E-state index is 0.0232. The number of hydrogen-bond acceptors (Lipinski definition) is 4. The number of carbonyl (C=O) groups is 2. The van der Waals surface area contributed by atoms with Crippen molar-refractivity contribution in [3.63, 3.8) is 0 Å². The average Bonchev–Trinajstić information content (AvgIpc) is 2.89. The standard InChI is InChI=1S/C28H23ClN2O4S/c29-24-15-17-25(18-16-24)36(34,35)31(26(28(30)33)21-7-3-1-4-8-21)19-20-11-13-23(14-12-20)27(32)22-9-5-2-6-10-22/h1-18,26H,19H2,(H2,30,33)/t26-/m1/s1. The quantitative estimate of drug-likeness (QED) is 0.316. The van der Waals surface area contributed by atoms with Crippen molar-refractivity contribution in [1.29, 1.82) is 0 Å². The van der Waals surface area contributed by atoms with Crippen molar-refractivity contribution in [3.8, 4) is 0 Å². The molecule has 0 aliphatic heterocycles. The molecule has 0 heterocycles. The summed E-state index contributed by atoms with van der Waals surface area (Å²) < 4.78 is 28.6. The van der Waals surface area contributed by atoms with Crippen LogP contribution in [0.25, 0.3) is 0 Å². The van der Waals surface area contributed by atoms with Crippen LogP contribution in [-0.4, -0.2) is 24.4 Å². The van der Waals surface area contributed by atoms with Gasteiger partial charge in [0, 0.05) is 22.7 Å². The van der Waals surface area contributed by atoms with E-state index in [2.05, 4.69) is 0 Å². The molecule has 4 aromatic rings. The van der Waals surface area contributed by atoms with Crippen LogP contribution in [0.5, 0.6) is 0 Å². The second-order valence-electron chi connectivity index (χ2n) is 8.11. The van der Waals surface area contributed by atoms with E-state index in [4.69, 9.17) is 17.3 Å². The van der Waals surface area contributed by atoms with E-state index >= 15 is 0 Å². The summed E-state index contributed by atoms with van der Waals surface area (Å²) in [5, 5.41) is 0.383. The summed E-state index contributed by atoms with van der Waals surface area (Å²) in [5.74, 6) is -0.957. The minimum Gasteiger partial charge on any atom is -0.368 e. The van der Waals surface area contributed by atoms with Gasteiger partial charge in [0.25, 0.3) is 0 Å². The van der Waals surface area contributed by atoms with Gasteiger partial charge in [-0.3, -0.25) is 9.59 Å². The van der Waals surface area contributed by atoms with Crippen molar-refractivity contribution < 1.29 is 18.0 Å². The molecule has 0 bridgehead atoms. The molecule has 182 valence electrons. The van der Waals surface area contributed by atoms with Crippen molar-refractivity contribution in [3.05, 3.63) is 136 Å². The maximum absolute atomic E-state index is 13.7. The van der Waals surface area contributed by atoms with E-state index < -0.39 is 22.0 Å². The Bertz CT molecular complexity index is 1460. The number of rotatable bonds is 9. The first-order valence-corrected chi connectivity index (χ1v) is 12.9. The summed E-state index contributed by atoms with van der Waals surface area (Å²) in [7, 11) is -4.17. The number of nitrogens with zero attached hydrogens (tertiary/aromatic N) is 1. The average molecular weight is 519 g/mol. The third-order valence-corrected chi connectivity index (χ3v) is 7.76. The first kappa shape index (κ1) is 25.3. The number of sulfonamides is 1. The molecule has 0 spiro atoms. The summed E-state index contributed by atoms with van der Waals surface area (Å²) in [6.45, 7) is -0.146. The minimum atomic E-state index is -4.17. The Morgan fingerprint density at radius 3 is 1.83 bits per heavy atom. The van der Waals surface area contributed by atoms with Crippen LogP contribution in [0.4, 0.5) is 0 Å². The van der Waals surface area contributed by atoms with Crippen molar-refractivity contribution in [2.45, 2.75) is 17.5 Å². The lowest BCUT2D eigenvalue weighted by Crippen LogP contribution is -2.41. The highest BCUT2D eigenvalue weighted by Gasteiger charge is 2.36. The Balaban J connectivity index is 1.73. The molecule has 0 saturated heterocycles. The number of benzene rings is 4. The zero-order valence-corrected chi connectivity index (χ0v) is 20.7. The summed E-state index contributed by atoms with van der Waals surface area (Å²) in [6, 6.07) is 28.4. The maximum Gasteiger partial charge on any atom is 0.244 e. The molecule has 2 N–H and O–H groups in total. The lowest BCUT2D eigenvalue weighted by atomic mass is 10.0. The third kappa shape index (κ3) is 5.54. The third-order valence-electron chi connectivity index (χ3n) is 5.68. The predicted octanol–water partition coefficient (Wildman–Crippen LogP) is 4.99. The van der Waals surface area contributed by atoms with Crippen LogP contribution in [0.2, 0.25) is 5.02 Å². The number of halogens is 1. The number of hydrogen-bond donors (Lipinski definition) is 1. The Morgan fingerprint density at radius 2 is 1.28 bits per heavy atom. The summed E-state index contributed by atoms with van der Waals surface area (Å²) >= 11 is 5.95. The van der Waals surface area contributed by atoms with Gasteiger partial charge in [-0.05, 0) is 35.4 Å². The monoisotopic (exact) mass is 518 g/mol. The molecule has 0 fully saturated rings. The van der Waals surface area contributed by atoms with Crippen molar-refractivity contribution >= 4 is 33.3 Å². The van der Waals surface area contributed by atoms with E-state index in [1.165, 1.54) is 24.3 Å². The normalized spacial score (nSPS) is 12.3. The predicted molar refractivity (Wildman–Crippen MR) is 139 cm³/mol. The van der Waals surface area contributed by atoms with Crippen LogP contribution in [-0.2, 0) is 21.4 Å². The van der Waals surface area contributed by atoms with E-state index in [9.17, 15) is 18.0 Å². The van der Waals surface area contributed by atoms with Gasteiger partial charge in [-0.25, -0.2) is 8.42 Å². The molecule has 8 heteroatoms. The molecule has 0 radical (unpaired) electrons. The first-order chi connectivity index (χ1) is 17.3. The smallest absolute Gasteiger partial charge is 0.244 e. The summed E-state index contributed by atoms with van der Waals surface area (Å²) in [4.78, 5) is 25.3. The number of amides is 1. The fraction of sp³-hybridized carbons (Fsp3) is 0.0714. The molecule has 0 unspecified atom stereocenters. The molecule has 0 aliphatic rings. The Kier molecular flexibility index (Phi) is 7.64. The molecular formula is C28H23ClN2O4S. The van der Waals surface area contributed by atoms with Crippen LogP contribution >= 0.6 is 11.6 Å². The Hall–Kier alpha value is -3.78. The number of carbonyl (C=O) groups excluding carboxylic acids is 2. The molecular weight excluding hydrogens is 496 g/mol. The van der Waals surface area contributed by atoms with Crippen molar-refractivity contribution in [2.75, 3.05) is 0 Å². The second kappa shape index (κ2) is 10.9. The number of primary amides is 1. The Morgan fingerprint density at radius 1 is 0.750 bits per heavy atom. The SMILES string of the molecule is NC(=O)[C@@H](c1ccccc1)N(Cc1ccc(C(=O)c2ccccc2)cc1)S(=O)(=O)c1ccc(Cl)cc1. The Labute approximate surface area is 215 Å². The van der Waals surface area contributed by atoms with E-state index in [1.807, 2.05) is 6.07 Å². The fourth-order valence-corrected chi connectivity index (χ4v) is 5.56. The van der Waals surface area contributed by atoms with Crippen LogP contribution in [0.3, 0.4) is 0 Å². The molecule has 0 aliphatic carbocycles. The molecule has 4 rings (SSSR count). The molecule has 4 aromatic carbocycles. The largest absolute Gasteiger partial charge is 0.368 e. The van der Waals surface area contributed by atoms with E-state index in [-0.39, 0.29) is 17.2 Å². The molecule has 0 saturated carbocycles. The fourth-order valence-electron chi connectivity index (χ4n) is 3.86. The van der Waals surface area contributed by atoms with E-state index in [0.29, 0.717) is 27.3 Å². The van der Waals surface area contributed by atoms with Gasteiger partial charge in [0.05, 0.1) is 4.90 Å².